The fraction of sp³-hybridized carbons (Fsp3) is 0.200. The zero-order valence-corrected chi connectivity index (χ0v) is 15.6. The number of carbonyl (C=O) groups excluding carboxylic acids is 2. The molecule has 29 heavy (non-hydrogen) atoms. The maximum absolute atomic E-state index is 13.0. The summed E-state index contributed by atoms with van der Waals surface area (Å²) in [7, 11) is 1.59. The smallest absolute Gasteiger partial charge is 0.321 e. The normalized spacial score (nSPS) is 21.2. The van der Waals surface area contributed by atoms with Gasteiger partial charge in [0.05, 0.1) is 6.21 Å². The highest BCUT2D eigenvalue weighted by atomic mass is 19.1. The van der Waals surface area contributed by atoms with Gasteiger partial charge in [-0.05, 0) is 23.3 Å². The van der Waals surface area contributed by atoms with Crippen molar-refractivity contribution in [2.45, 2.75) is 18.8 Å². The molecule has 8 nitrogen and oxygen atoms in total. The molecule has 1 saturated heterocycles. The second-order valence-electron chi connectivity index (χ2n) is 6.75. The third-order valence-corrected chi connectivity index (χ3v) is 4.80. The Morgan fingerprint density at radius 2 is 1.90 bits per heavy atom. The molecule has 1 fully saturated rings. The monoisotopic (exact) mass is 394 g/mol. The number of imide groups is 1. The number of benzene rings is 2. The predicted molar refractivity (Wildman–Crippen MR) is 105 cm³/mol. The first-order chi connectivity index (χ1) is 14.0. The first-order valence-electron chi connectivity index (χ1n) is 9.03. The zero-order valence-electron chi connectivity index (χ0n) is 15.6. The molecule has 0 radical (unpaired) electrons. The highest BCUT2D eigenvalue weighted by molar-refractivity contribution is 6.03. The van der Waals surface area contributed by atoms with Gasteiger partial charge in [-0.1, -0.05) is 42.5 Å². The summed E-state index contributed by atoms with van der Waals surface area (Å²) in [5.74, 6) is -0.358. The summed E-state index contributed by atoms with van der Waals surface area (Å²) in [6.07, 6.45) is 0.878. The van der Waals surface area contributed by atoms with E-state index in [1.54, 1.807) is 24.1 Å². The van der Waals surface area contributed by atoms with E-state index >= 15 is 0 Å². The van der Waals surface area contributed by atoms with Gasteiger partial charge in [0.25, 0.3) is 5.91 Å². The number of nitrogens with zero attached hydrogens (tertiary/aromatic N) is 4. The van der Waals surface area contributed by atoms with Gasteiger partial charge < -0.3 is 9.80 Å². The van der Waals surface area contributed by atoms with Crippen LogP contribution in [-0.4, -0.2) is 53.2 Å². The lowest BCUT2D eigenvalue weighted by Crippen LogP contribution is -2.63. The molecular weight excluding hydrogens is 375 g/mol. The van der Waals surface area contributed by atoms with Gasteiger partial charge in [-0.2, -0.15) is 5.10 Å². The van der Waals surface area contributed by atoms with Gasteiger partial charge >= 0.3 is 6.03 Å². The van der Waals surface area contributed by atoms with Crippen molar-refractivity contribution >= 4 is 24.1 Å². The molecule has 0 aliphatic carbocycles. The topological polar surface area (TPSA) is 89.4 Å². The molecular formula is C20H19FN6O2. The van der Waals surface area contributed by atoms with E-state index in [9.17, 15) is 14.0 Å². The second kappa shape index (κ2) is 7.70. The van der Waals surface area contributed by atoms with Gasteiger partial charge in [0.1, 0.15) is 5.82 Å². The molecule has 2 N–H and O–H groups in total. The van der Waals surface area contributed by atoms with Crippen LogP contribution in [-0.2, 0) is 11.3 Å². The molecule has 4 rings (SSSR count). The molecule has 148 valence electrons. The number of nitrogens with one attached hydrogen (secondary N) is 2. The van der Waals surface area contributed by atoms with Crippen LogP contribution in [0, 0.1) is 5.82 Å². The minimum atomic E-state index is -0.665. The van der Waals surface area contributed by atoms with Crippen molar-refractivity contribution in [3.8, 4) is 0 Å². The van der Waals surface area contributed by atoms with Gasteiger partial charge in [0, 0.05) is 13.6 Å². The van der Waals surface area contributed by atoms with Crippen molar-refractivity contribution in [3.63, 3.8) is 0 Å². The van der Waals surface area contributed by atoms with Crippen LogP contribution in [0.3, 0.4) is 0 Å². The number of carbonyl (C=O) groups is 2. The van der Waals surface area contributed by atoms with Crippen molar-refractivity contribution in [3.05, 3.63) is 71.5 Å². The average molecular weight is 394 g/mol. The standard InChI is InChI=1S/C20H19FN6O2/c1-26-17-16(18(28)24-20(26)29)27(12-14-5-3-2-4-6-14)19(23-17)25-22-11-13-7-9-15(21)10-8-13/h2-11,16-17H,12H2,1H3,(H,23,25)(H,24,28,29)/b22-11+. The van der Waals surface area contributed by atoms with E-state index < -0.39 is 24.1 Å². The molecule has 2 aliphatic heterocycles. The van der Waals surface area contributed by atoms with E-state index in [2.05, 4.69) is 20.8 Å². The Hall–Kier alpha value is -3.75. The van der Waals surface area contributed by atoms with E-state index in [1.165, 1.54) is 23.2 Å². The summed E-state index contributed by atoms with van der Waals surface area (Å²) >= 11 is 0. The molecule has 2 aromatic carbocycles. The van der Waals surface area contributed by atoms with E-state index in [4.69, 9.17) is 0 Å². The van der Waals surface area contributed by atoms with Crippen molar-refractivity contribution < 1.29 is 14.0 Å². The molecule has 0 saturated carbocycles. The molecule has 2 aromatic rings. The second-order valence-corrected chi connectivity index (χ2v) is 6.75. The first-order valence-corrected chi connectivity index (χ1v) is 9.03. The number of hydrazone groups is 1. The molecule has 3 amide bonds. The maximum atomic E-state index is 13.0. The number of hydrogen-bond donors (Lipinski definition) is 2. The lowest BCUT2D eigenvalue weighted by atomic mass is 10.1. The molecule has 2 atom stereocenters. The fourth-order valence-corrected chi connectivity index (χ4v) is 3.29. The van der Waals surface area contributed by atoms with Crippen LogP contribution in [0.2, 0.25) is 0 Å². The third-order valence-electron chi connectivity index (χ3n) is 4.80. The van der Waals surface area contributed by atoms with Crippen LogP contribution < -0.4 is 10.7 Å². The maximum Gasteiger partial charge on any atom is 0.325 e. The Bertz CT molecular complexity index is 976. The van der Waals surface area contributed by atoms with Crippen molar-refractivity contribution in [2.24, 2.45) is 10.1 Å². The Morgan fingerprint density at radius 3 is 2.62 bits per heavy atom. The number of rotatable bonds is 4. The van der Waals surface area contributed by atoms with E-state index in [1.807, 2.05) is 30.3 Å². The highest BCUT2D eigenvalue weighted by Gasteiger charge is 2.48. The summed E-state index contributed by atoms with van der Waals surface area (Å²) in [5.41, 5.74) is 4.55. The molecule has 2 unspecified atom stereocenters. The van der Waals surface area contributed by atoms with E-state index in [-0.39, 0.29) is 5.82 Å². The van der Waals surface area contributed by atoms with Gasteiger partial charge in [0.15, 0.2) is 12.2 Å². The summed E-state index contributed by atoms with van der Waals surface area (Å²) in [6.45, 7) is 0.412. The Balaban J connectivity index is 1.58. The quantitative estimate of drug-likeness (QED) is 0.608. The van der Waals surface area contributed by atoms with Crippen molar-refractivity contribution in [1.82, 2.24) is 20.5 Å². The molecule has 9 heteroatoms. The van der Waals surface area contributed by atoms with Crippen LogP contribution in [0.25, 0.3) is 0 Å². The summed E-state index contributed by atoms with van der Waals surface area (Å²) in [4.78, 5) is 32.2. The van der Waals surface area contributed by atoms with Crippen LogP contribution in [0.1, 0.15) is 11.1 Å². The Labute approximate surface area is 166 Å². The molecule has 0 spiro atoms. The highest BCUT2D eigenvalue weighted by Crippen LogP contribution is 2.25. The molecule has 2 heterocycles. The van der Waals surface area contributed by atoms with Crippen LogP contribution >= 0.6 is 0 Å². The number of fused-ring (bicyclic) bond motifs is 1. The minimum absolute atomic E-state index is 0.327. The largest absolute Gasteiger partial charge is 0.325 e. The average Bonchev–Trinajstić information content (AvgIpc) is 3.07. The number of hydrogen-bond acceptors (Lipinski definition) is 6. The van der Waals surface area contributed by atoms with Gasteiger partial charge in [-0.25, -0.2) is 19.6 Å². The molecule has 0 bridgehead atoms. The first kappa shape index (κ1) is 18.6. The van der Waals surface area contributed by atoms with Crippen LogP contribution in [0.15, 0.2) is 64.7 Å². The Kier molecular flexibility index (Phi) is 4.94. The molecule has 0 aromatic heterocycles. The fourth-order valence-electron chi connectivity index (χ4n) is 3.29. The van der Waals surface area contributed by atoms with E-state index in [0.29, 0.717) is 18.1 Å². The summed E-state index contributed by atoms with van der Waals surface area (Å²) in [6, 6.07) is 14.4. The number of amides is 3. The van der Waals surface area contributed by atoms with Gasteiger partial charge in [-0.15, -0.1) is 0 Å². The minimum Gasteiger partial charge on any atom is -0.321 e. The predicted octanol–water partition coefficient (Wildman–Crippen LogP) is 1.50. The number of urea groups is 1. The van der Waals surface area contributed by atoms with Crippen molar-refractivity contribution in [1.29, 1.82) is 0 Å². The van der Waals surface area contributed by atoms with Gasteiger partial charge in [0.2, 0.25) is 5.96 Å². The van der Waals surface area contributed by atoms with Crippen LogP contribution in [0.4, 0.5) is 9.18 Å². The number of likely N-dealkylation sites (N-methyl/N-ethyl adjacent to an activating group) is 1. The molecule has 2 aliphatic rings. The van der Waals surface area contributed by atoms with Crippen molar-refractivity contribution in [2.75, 3.05) is 7.05 Å². The Morgan fingerprint density at radius 1 is 1.17 bits per heavy atom. The number of aliphatic imine (C=N–C) groups is 1. The van der Waals surface area contributed by atoms with E-state index in [0.717, 1.165) is 5.56 Å². The number of halogens is 1. The lowest BCUT2D eigenvalue weighted by molar-refractivity contribution is -0.127. The number of guanidine groups is 1. The third kappa shape index (κ3) is 3.79. The zero-order chi connectivity index (χ0) is 20.4. The summed E-state index contributed by atoms with van der Waals surface area (Å²) in [5, 5.41) is 6.52. The SMILES string of the molecule is CN1C(=O)NC(=O)C2C1N=C(N/N=C/c1ccc(F)cc1)N2Cc1ccccc1. The van der Waals surface area contributed by atoms with Gasteiger partial charge in [-0.3, -0.25) is 10.1 Å². The van der Waals surface area contributed by atoms with Crippen LogP contribution in [0.5, 0.6) is 0 Å². The lowest BCUT2D eigenvalue weighted by Gasteiger charge is -2.36. The summed E-state index contributed by atoms with van der Waals surface area (Å²) < 4.78 is 13.0.